The van der Waals surface area contributed by atoms with Gasteiger partial charge in [-0.15, -0.1) is 0 Å². The maximum atomic E-state index is 11.7. The van der Waals surface area contributed by atoms with Gasteiger partial charge in [-0.3, -0.25) is 4.79 Å². The largest absolute Gasteiger partial charge is 0.481 e. The Kier molecular flexibility index (Phi) is 5.16. The lowest BCUT2D eigenvalue weighted by Gasteiger charge is -2.53. The molecule has 0 aromatic heterocycles. The number of fused-ring (bicyclic) bond motifs is 3. The number of carboxylic acid groups (broad SMARTS) is 1. The first kappa shape index (κ1) is 21.1. The van der Waals surface area contributed by atoms with Crippen LogP contribution in [0.1, 0.15) is 75.7 Å². The topological polar surface area (TPSA) is 61.8 Å². The first-order chi connectivity index (χ1) is 15.5. The predicted octanol–water partition coefficient (Wildman–Crippen LogP) is 4.18. The Morgan fingerprint density at radius 1 is 1.03 bits per heavy atom. The molecule has 2 aliphatic heterocycles. The fourth-order valence-corrected chi connectivity index (χ4v) is 7.46. The monoisotopic (exact) mass is 438 g/mol. The van der Waals surface area contributed by atoms with E-state index in [-0.39, 0.29) is 5.60 Å². The SMILES string of the molecule is O=C(O)C12CCC(CN3CCC4(CC3)CC(N[C@@H]3C[C@H]3c3ccccc3)CO4)(CC1)CC2. The average molecular weight is 439 g/mol. The van der Waals surface area contributed by atoms with Gasteiger partial charge in [0.1, 0.15) is 0 Å². The lowest BCUT2D eigenvalue weighted by atomic mass is 9.53. The molecule has 3 atom stereocenters. The van der Waals surface area contributed by atoms with Crippen LogP contribution in [0.15, 0.2) is 30.3 Å². The molecule has 1 spiro atoms. The zero-order valence-electron chi connectivity index (χ0n) is 19.2. The third kappa shape index (κ3) is 3.80. The van der Waals surface area contributed by atoms with E-state index in [1.807, 2.05) is 0 Å². The molecule has 2 N–H and O–H groups in total. The summed E-state index contributed by atoms with van der Waals surface area (Å²) in [5.74, 6) is 0.133. The Morgan fingerprint density at radius 2 is 1.72 bits per heavy atom. The van der Waals surface area contributed by atoms with Crippen molar-refractivity contribution in [2.24, 2.45) is 10.8 Å². The van der Waals surface area contributed by atoms with Crippen LogP contribution in [0.2, 0.25) is 0 Å². The van der Waals surface area contributed by atoms with Crippen molar-refractivity contribution in [3.8, 4) is 0 Å². The van der Waals surface area contributed by atoms with Crippen LogP contribution in [0, 0.1) is 10.8 Å². The molecule has 2 saturated heterocycles. The number of nitrogens with zero attached hydrogens (tertiary/aromatic N) is 1. The minimum absolute atomic E-state index is 0.0839. The molecule has 1 aromatic rings. The van der Waals surface area contributed by atoms with Crippen molar-refractivity contribution < 1.29 is 14.6 Å². The van der Waals surface area contributed by atoms with Crippen LogP contribution in [-0.4, -0.2) is 59.9 Å². The van der Waals surface area contributed by atoms with Gasteiger partial charge < -0.3 is 20.1 Å². The van der Waals surface area contributed by atoms with Gasteiger partial charge in [0.15, 0.2) is 0 Å². The molecule has 0 amide bonds. The van der Waals surface area contributed by atoms with E-state index in [0.717, 1.165) is 77.5 Å². The third-order valence-corrected chi connectivity index (χ3v) is 9.86. The standard InChI is InChI=1S/C27H38N2O3/c30-24(31)26-9-6-25(7-10-26,8-11-26)19-29-14-12-27(13-15-29)17-21(18-32-27)28-23-16-22(23)20-4-2-1-3-5-20/h1-5,21-23,28H,6-19H2,(H,30,31)/t21?,22-,23+,25?,26?/m0/s1. The molecule has 5 heteroatoms. The van der Waals surface area contributed by atoms with Gasteiger partial charge in [-0.1, -0.05) is 30.3 Å². The molecule has 4 saturated carbocycles. The summed E-state index contributed by atoms with van der Waals surface area (Å²) in [6.07, 6.45) is 10.7. The minimum Gasteiger partial charge on any atom is -0.481 e. The van der Waals surface area contributed by atoms with Gasteiger partial charge in [0.05, 0.1) is 17.6 Å². The van der Waals surface area contributed by atoms with Gasteiger partial charge in [-0.25, -0.2) is 0 Å². The number of hydrogen-bond acceptors (Lipinski definition) is 4. The lowest BCUT2D eigenvalue weighted by Crippen LogP contribution is -2.53. The molecule has 1 aromatic carbocycles. The molecule has 1 unspecified atom stereocenters. The van der Waals surface area contributed by atoms with Crippen LogP contribution in [0.5, 0.6) is 0 Å². The Morgan fingerprint density at radius 3 is 2.38 bits per heavy atom. The Balaban J connectivity index is 0.977. The summed E-state index contributed by atoms with van der Waals surface area (Å²) in [6, 6.07) is 12.0. The Bertz CT molecular complexity index is 823. The molecule has 32 heavy (non-hydrogen) atoms. The van der Waals surface area contributed by atoms with Gasteiger partial charge >= 0.3 is 5.97 Å². The van der Waals surface area contributed by atoms with Crippen LogP contribution in [0.25, 0.3) is 0 Å². The molecular weight excluding hydrogens is 400 g/mol. The number of nitrogens with one attached hydrogen (secondary N) is 1. The van der Waals surface area contributed by atoms with Crippen LogP contribution in [0.4, 0.5) is 0 Å². The Labute approximate surface area is 191 Å². The second-order valence-electron chi connectivity index (χ2n) is 11.8. The minimum atomic E-state index is -0.548. The number of aliphatic carboxylic acids is 1. The highest BCUT2D eigenvalue weighted by Crippen LogP contribution is 2.57. The fraction of sp³-hybridized carbons (Fsp3) is 0.741. The number of carbonyl (C=O) groups is 1. The predicted molar refractivity (Wildman–Crippen MR) is 124 cm³/mol. The highest BCUT2D eigenvalue weighted by atomic mass is 16.5. The zero-order valence-corrected chi connectivity index (χ0v) is 19.2. The molecule has 7 rings (SSSR count). The van der Waals surface area contributed by atoms with Crippen LogP contribution in [0.3, 0.4) is 0 Å². The summed E-state index contributed by atoms with van der Waals surface area (Å²) >= 11 is 0. The van der Waals surface area contributed by atoms with E-state index in [4.69, 9.17) is 4.74 Å². The van der Waals surface area contributed by atoms with E-state index < -0.39 is 11.4 Å². The van der Waals surface area contributed by atoms with Crippen molar-refractivity contribution in [1.82, 2.24) is 10.2 Å². The smallest absolute Gasteiger partial charge is 0.309 e. The Hall–Kier alpha value is -1.43. The normalized spacial score (nSPS) is 40.6. The number of piperidine rings is 1. The lowest BCUT2D eigenvalue weighted by molar-refractivity contribution is -0.160. The fourth-order valence-electron chi connectivity index (χ4n) is 7.46. The van der Waals surface area contributed by atoms with Crippen molar-refractivity contribution in [1.29, 1.82) is 0 Å². The van der Waals surface area contributed by atoms with E-state index in [0.29, 0.717) is 23.4 Å². The molecule has 6 aliphatic rings. The molecule has 174 valence electrons. The van der Waals surface area contributed by atoms with Crippen molar-refractivity contribution in [3.63, 3.8) is 0 Å². The van der Waals surface area contributed by atoms with Gasteiger partial charge in [-0.2, -0.15) is 0 Å². The van der Waals surface area contributed by atoms with E-state index in [2.05, 4.69) is 40.5 Å². The van der Waals surface area contributed by atoms with E-state index >= 15 is 0 Å². The van der Waals surface area contributed by atoms with Crippen LogP contribution in [-0.2, 0) is 9.53 Å². The van der Waals surface area contributed by atoms with Gasteiger partial charge in [0.25, 0.3) is 0 Å². The summed E-state index contributed by atoms with van der Waals surface area (Å²) < 4.78 is 6.45. The third-order valence-electron chi connectivity index (χ3n) is 9.86. The summed E-state index contributed by atoms with van der Waals surface area (Å²) in [6.45, 7) is 4.30. The summed E-state index contributed by atoms with van der Waals surface area (Å²) in [7, 11) is 0. The van der Waals surface area contributed by atoms with E-state index in [9.17, 15) is 9.90 Å². The average Bonchev–Trinajstić information content (AvgIpc) is 3.49. The second kappa shape index (κ2) is 7.82. The zero-order chi connectivity index (χ0) is 21.8. The van der Waals surface area contributed by atoms with Crippen molar-refractivity contribution in [3.05, 3.63) is 35.9 Å². The molecule has 5 nitrogen and oxygen atoms in total. The molecule has 4 aliphatic carbocycles. The number of ether oxygens (including phenoxy) is 1. The maximum absolute atomic E-state index is 11.7. The van der Waals surface area contributed by atoms with Crippen LogP contribution >= 0.6 is 0 Å². The highest BCUT2D eigenvalue weighted by Gasteiger charge is 2.53. The van der Waals surface area contributed by atoms with Crippen molar-refractivity contribution in [2.45, 2.75) is 87.8 Å². The highest BCUT2D eigenvalue weighted by molar-refractivity contribution is 5.75. The first-order valence-corrected chi connectivity index (χ1v) is 12.9. The molecule has 0 radical (unpaired) electrons. The molecule has 2 heterocycles. The van der Waals surface area contributed by atoms with Gasteiger partial charge in [0, 0.05) is 37.6 Å². The molecular formula is C27H38N2O3. The van der Waals surface area contributed by atoms with Crippen LogP contribution < -0.4 is 5.32 Å². The summed E-state index contributed by atoms with van der Waals surface area (Å²) in [5.41, 5.74) is 1.54. The van der Waals surface area contributed by atoms with Gasteiger partial charge in [-0.05, 0) is 75.2 Å². The van der Waals surface area contributed by atoms with Gasteiger partial charge in [0.2, 0.25) is 0 Å². The van der Waals surface area contributed by atoms with Crippen molar-refractivity contribution >= 4 is 5.97 Å². The maximum Gasteiger partial charge on any atom is 0.309 e. The number of likely N-dealkylation sites (tertiary alicyclic amines) is 1. The first-order valence-electron chi connectivity index (χ1n) is 12.9. The summed E-state index contributed by atoms with van der Waals surface area (Å²) in [4.78, 5) is 14.4. The number of hydrogen-bond donors (Lipinski definition) is 2. The van der Waals surface area contributed by atoms with Crippen molar-refractivity contribution in [2.75, 3.05) is 26.2 Å². The van der Waals surface area contributed by atoms with E-state index in [1.54, 1.807) is 0 Å². The number of rotatable bonds is 6. The molecule has 6 fully saturated rings. The number of carboxylic acids is 1. The number of benzene rings is 1. The van der Waals surface area contributed by atoms with E-state index in [1.165, 1.54) is 18.5 Å². The molecule has 2 bridgehead atoms. The summed E-state index contributed by atoms with van der Waals surface area (Å²) in [5, 5.41) is 13.6. The quantitative estimate of drug-likeness (QED) is 0.698. The second-order valence-corrected chi connectivity index (χ2v) is 11.8.